The number of amides is 4. The van der Waals surface area contributed by atoms with Crippen LogP contribution in [0.2, 0.25) is 4.34 Å². The number of rotatable bonds is 5. The van der Waals surface area contributed by atoms with Gasteiger partial charge in [-0.25, -0.2) is 0 Å². The van der Waals surface area contributed by atoms with Gasteiger partial charge in [0.05, 0.1) is 15.3 Å². The summed E-state index contributed by atoms with van der Waals surface area (Å²) >= 11 is 7.04. The zero-order valence-corrected chi connectivity index (χ0v) is 19.0. The molecule has 32 heavy (non-hydrogen) atoms. The number of halogens is 1. The average Bonchev–Trinajstić information content (AvgIpc) is 3.33. The van der Waals surface area contributed by atoms with Gasteiger partial charge in [0.1, 0.15) is 6.04 Å². The summed E-state index contributed by atoms with van der Waals surface area (Å²) in [6, 6.07) is 8.54. The monoisotopic (exact) mass is 474 g/mol. The highest BCUT2D eigenvalue weighted by atomic mass is 35.5. The number of carbonyl (C=O) groups excluding carboxylic acids is 4. The summed E-state index contributed by atoms with van der Waals surface area (Å²) in [6.45, 7) is 0.953. The SMILES string of the molecule is CN1C[C@@H](NC(=O)c2ccc(Cl)s2)[C@@H](NC(=O)c2ccc(N3CCCCC3=O)cc2)C1=O. The van der Waals surface area contributed by atoms with E-state index in [1.54, 1.807) is 48.3 Å². The smallest absolute Gasteiger partial charge is 0.261 e. The summed E-state index contributed by atoms with van der Waals surface area (Å²) in [5.41, 5.74) is 1.12. The van der Waals surface area contributed by atoms with Crippen LogP contribution in [0, 0.1) is 0 Å². The fourth-order valence-corrected chi connectivity index (χ4v) is 4.91. The normalized spacial score (nSPS) is 21.1. The molecule has 2 aromatic rings. The summed E-state index contributed by atoms with van der Waals surface area (Å²) in [5, 5.41) is 5.57. The van der Waals surface area contributed by atoms with Gasteiger partial charge < -0.3 is 20.4 Å². The molecule has 1 aromatic carbocycles. The number of likely N-dealkylation sites (N-methyl/N-ethyl adjacent to an activating group) is 1. The Bertz CT molecular complexity index is 1050. The maximum Gasteiger partial charge on any atom is 0.261 e. The van der Waals surface area contributed by atoms with Crippen LogP contribution in [0.1, 0.15) is 39.3 Å². The molecule has 2 saturated heterocycles. The molecule has 4 rings (SSSR count). The zero-order chi connectivity index (χ0) is 22.8. The van der Waals surface area contributed by atoms with Crippen molar-refractivity contribution in [3.8, 4) is 0 Å². The molecule has 0 spiro atoms. The van der Waals surface area contributed by atoms with Gasteiger partial charge in [-0.2, -0.15) is 0 Å². The molecule has 3 heterocycles. The van der Waals surface area contributed by atoms with E-state index in [9.17, 15) is 19.2 Å². The molecular formula is C22H23ClN4O4S. The number of anilines is 1. The first-order valence-corrected chi connectivity index (χ1v) is 11.6. The number of nitrogens with zero attached hydrogens (tertiary/aromatic N) is 2. The predicted octanol–water partition coefficient (Wildman–Crippen LogP) is 2.29. The Morgan fingerprint density at radius 2 is 1.78 bits per heavy atom. The first-order chi connectivity index (χ1) is 15.3. The van der Waals surface area contributed by atoms with E-state index in [2.05, 4.69) is 10.6 Å². The number of nitrogens with one attached hydrogen (secondary N) is 2. The third-order valence-corrected chi connectivity index (χ3v) is 6.91. The molecular weight excluding hydrogens is 452 g/mol. The van der Waals surface area contributed by atoms with E-state index in [-0.39, 0.29) is 24.3 Å². The Balaban J connectivity index is 1.43. The van der Waals surface area contributed by atoms with E-state index < -0.39 is 18.0 Å². The standard InChI is InChI=1S/C22H23ClN4O4S/c1-26-12-15(24-21(30)16-9-10-17(23)32-16)19(22(26)31)25-20(29)13-5-7-14(8-6-13)27-11-3-2-4-18(27)28/h5-10,15,19H,2-4,11-12H2,1H3,(H,24,30)(H,25,29)/t15-,19-/m1/s1. The fraction of sp³-hybridized carbons (Fsp3) is 0.364. The maximum atomic E-state index is 12.8. The van der Waals surface area contributed by atoms with Crippen LogP contribution >= 0.6 is 22.9 Å². The molecule has 0 radical (unpaired) electrons. The second-order valence-electron chi connectivity index (χ2n) is 7.90. The van der Waals surface area contributed by atoms with Gasteiger partial charge in [-0.1, -0.05) is 11.6 Å². The van der Waals surface area contributed by atoms with E-state index in [1.165, 1.54) is 4.90 Å². The molecule has 1 aromatic heterocycles. The van der Waals surface area contributed by atoms with Crippen LogP contribution in [0.4, 0.5) is 5.69 Å². The molecule has 2 aliphatic rings. The fourth-order valence-electron chi connectivity index (χ4n) is 3.96. The molecule has 0 saturated carbocycles. The van der Waals surface area contributed by atoms with Crippen molar-refractivity contribution in [2.24, 2.45) is 0 Å². The molecule has 2 fully saturated rings. The Morgan fingerprint density at radius 1 is 1.03 bits per heavy atom. The summed E-state index contributed by atoms with van der Waals surface area (Å²) in [6.07, 6.45) is 2.39. The highest BCUT2D eigenvalue weighted by molar-refractivity contribution is 7.18. The van der Waals surface area contributed by atoms with Gasteiger partial charge in [0.15, 0.2) is 0 Å². The van der Waals surface area contributed by atoms with E-state index in [0.29, 0.717) is 27.7 Å². The number of likely N-dealkylation sites (tertiary alicyclic amines) is 1. The Morgan fingerprint density at radius 3 is 2.44 bits per heavy atom. The van der Waals surface area contributed by atoms with Gasteiger partial charge in [-0.05, 0) is 49.2 Å². The molecule has 0 unspecified atom stereocenters. The number of piperidine rings is 1. The van der Waals surface area contributed by atoms with E-state index >= 15 is 0 Å². The van der Waals surface area contributed by atoms with Crippen LogP contribution in [-0.4, -0.2) is 60.7 Å². The highest BCUT2D eigenvalue weighted by Crippen LogP contribution is 2.23. The van der Waals surface area contributed by atoms with Gasteiger partial charge in [-0.3, -0.25) is 19.2 Å². The summed E-state index contributed by atoms with van der Waals surface area (Å²) < 4.78 is 0.495. The summed E-state index contributed by atoms with van der Waals surface area (Å²) in [5.74, 6) is -0.958. The van der Waals surface area contributed by atoms with Gasteiger partial charge in [0.2, 0.25) is 11.8 Å². The lowest BCUT2D eigenvalue weighted by atomic mass is 10.1. The first kappa shape index (κ1) is 22.3. The van der Waals surface area contributed by atoms with Gasteiger partial charge in [0, 0.05) is 37.8 Å². The number of thiophene rings is 1. The van der Waals surface area contributed by atoms with Crippen molar-refractivity contribution in [2.75, 3.05) is 25.0 Å². The summed E-state index contributed by atoms with van der Waals surface area (Å²) in [4.78, 5) is 53.7. The lowest BCUT2D eigenvalue weighted by molar-refractivity contribution is -0.128. The predicted molar refractivity (Wildman–Crippen MR) is 122 cm³/mol. The molecule has 4 amide bonds. The molecule has 8 nitrogen and oxygen atoms in total. The average molecular weight is 475 g/mol. The molecule has 168 valence electrons. The number of carbonyl (C=O) groups is 4. The number of benzene rings is 1. The zero-order valence-electron chi connectivity index (χ0n) is 17.5. The topological polar surface area (TPSA) is 98.8 Å². The second kappa shape index (κ2) is 9.30. The molecule has 2 aliphatic heterocycles. The van der Waals surface area contributed by atoms with Crippen LogP contribution in [0.25, 0.3) is 0 Å². The molecule has 10 heteroatoms. The van der Waals surface area contributed by atoms with Crippen LogP contribution in [0.15, 0.2) is 36.4 Å². The molecule has 2 N–H and O–H groups in total. The molecule has 2 atom stereocenters. The van der Waals surface area contributed by atoms with E-state index in [1.807, 2.05) is 0 Å². The van der Waals surface area contributed by atoms with Gasteiger partial charge in [-0.15, -0.1) is 11.3 Å². The third kappa shape index (κ3) is 4.63. The Labute approximate surface area is 194 Å². The van der Waals surface area contributed by atoms with Crippen LogP contribution in [-0.2, 0) is 9.59 Å². The second-order valence-corrected chi connectivity index (χ2v) is 9.62. The van der Waals surface area contributed by atoms with Crippen molar-refractivity contribution in [3.05, 3.63) is 51.2 Å². The van der Waals surface area contributed by atoms with Gasteiger partial charge in [0.25, 0.3) is 11.8 Å². The van der Waals surface area contributed by atoms with Crippen molar-refractivity contribution >= 4 is 52.3 Å². The van der Waals surface area contributed by atoms with Crippen LogP contribution in [0.3, 0.4) is 0 Å². The quantitative estimate of drug-likeness (QED) is 0.694. The highest BCUT2D eigenvalue weighted by Gasteiger charge is 2.40. The van der Waals surface area contributed by atoms with Crippen molar-refractivity contribution in [3.63, 3.8) is 0 Å². The largest absolute Gasteiger partial charge is 0.344 e. The minimum Gasteiger partial charge on any atom is -0.344 e. The lowest BCUT2D eigenvalue weighted by Gasteiger charge is -2.27. The van der Waals surface area contributed by atoms with Crippen molar-refractivity contribution < 1.29 is 19.2 Å². The number of hydrogen-bond donors (Lipinski definition) is 2. The molecule has 0 bridgehead atoms. The van der Waals surface area contributed by atoms with Crippen molar-refractivity contribution in [1.82, 2.24) is 15.5 Å². The Kier molecular flexibility index (Phi) is 6.48. The molecule has 0 aliphatic carbocycles. The van der Waals surface area contributed by atoms with Crippen molar-refractivity contribution in [2.45, 2.75) is 31.3 Å². The maximum absolute atomic E-state index is 12.8. The lowest BCUT2D eigenvalue weighted by Crippen LogP contribution is -2.52. The van der Waals surface area contributed by atoms with Crippen LogP contribution < -0.4 is 15.5 Å². The minimum absolute atomic E-state index is 0.0821. The van der Waals surface area contributed by atoms with Crippen LogP contribution in [0.5, 0.6) is 0 Å². The first-order valence-electron chi connectivity index (χ1n) is 10.4. The third-order valence-electron chi connectivity index (χ3n) is 5.68. The Hall–Kier alpha value is -2.91. The van der Waals surface area contributed by atoms with E-state index in [4.69, 9.17) is 11.6 Å². The van der Waals surface area contributed by atoms with Crippen molar-refractivity contribution in [1.29, 1.82) is 0 Å². The summed E-state index contributed by atoms with van der Waals surface area (Å²) in [7, 11) is 1.63. The minimum atomic E-state index is -0.879. The number of hydrogen-bond acceptors (Lipinski definition) is 5. The van der Waals surface area contributed by atoms with E-state index in [0.717, 1.165) is 29.9 Å². The van der Waals surface area contributed by atoms with Gasteiger partial charge >= 0.3 is 0 Å².